The molecular formula is C30H36N4O3. The van der Waals surface area contributed by atoms with Crippen molar-refractivity contribution in [3.8, 4) is 0 Å². The molecule has 2 aromatic carbocycles. The molecule has 1 aromatic heterocycles. The predicted molar refractivity (Wildman–Crippen MR) is 144 cm³/mol. The van der Waals surface area contributed by atoms with Crippen LogP contribution in [0.25, 0.3) is 0 Å². The van der Waals surface area contributed by atoms with Gasteiger partial charge in [0.25, 0.3) is 11.5 Å². The summed E-state index contributed by atoms with van der Waals surface area (Å²) in [6.45, 7) is 5.87. The van der Waals surface area contributed by atoms with Crippen LogP contribution in [0, 0.1) is 5.92 Å². The quantitative estimate of drug-likeness (QED) is 0.316. The second kappa shape index (κ2) is 12.6. The lowest BCUT2D eigenvalue weighted by Crippen LogP contribution is -2.38. The van der Waals surface area contributed by atoms with Crippen LogP contribution in [0.5, 0.6) is 0 Å². The fourth-order valence-corrected chi connectivity index (χ4v) is 4.96. The van der Waals surface area contributed by atoms with E-state index in [1.54, 1.807) is 24.3 Å². The van der Waals surface area contributed by atoms with Gasteiger partial charge in [-0.3, -0.25) is 23.9 Å². The Bertz CT molecular complexity index is 1260. The summed E-state index contributed by atoms with van der Waals surface area (Å²) in [5.74, 6) is 0.767. The van der Waals surface area contributed by atoms with E-state index in [4.69, 9.17) is 4.98 Å². The first-order valence-electron chi connectivity index (χ1n) is 13.2. The lowest BCUT2D eigenvalue weighted by molar-refractivity contribution is -0.116. The van der Waals surface area contributed by atoms with Crippen LogP contribution in [0.3, 0.4) is 0 Å². The Balaban J connectivity index is 1.52. The van der Waals surface area contributed by atoms with E-state index in [0.717, 1.165) is 48.5 Å². The van der Waals surface area contributed by atoms with Crippen molar-refractivity contribution in [2.45, 2.75) is 58.5 Å². The lowest BCUT2D eigenvalue weighted by Gasteiger charge is -2.27. The van der Waals surface area contributed by atoms with Crippen molar-refractivity contribution in [3.05, 3.63) is 99.2 Å². The highest BCUT2D eigenvalue weighted by molar-refractivity contribution is 5.99. The maximum absolute atomic E-state index is 13.6. The van der Waals surface area contributed by atoms with Crippen LogP contribution >= 0.6 is 0 Å². The van der Waals surface area contributed by atoms with Crippen LogP contribution < -0.4 is 10.9 Å². The summed E-state index contributed by atoms with van der Waals surface area (Å²) < 4.78 is 1.86. The number of benzene rings is 2. The Morgan fingerprint density at radius 3 is 2.46 bits per heavy atom. The number of fused-ring (bicyclic) bond motifs is 1. The number of rotatable bonds is 11. The summed E-state index contributed by atoms with van der Waals surface area (Å²) in [6, 6.07) is 18.8. The van der Waals surface area contributed by atoms with E-state index in [2.05, 4.69) is 19.2 Å². The van der Waals surface area contributed by atoms with E-state index in [9.17, 15) is 14.4 Å². The van der Waals surface area contributed by atoms with Gasteiger partial charge in [-0.05, 0) is 49.4 Å². The molecule has 37 heavy (non-hydrogen) atoms. The third-order valence-electron chi connectivity index (χ3n) is 6.94. The van der Waals surface area contributed by atoms with Gasteiger partial charge in [-0.1, -0.05) is 62.4 Å². The summed E-state index contributed by atoms with van der Waals surface area (Å²) in [5.41, 5.74) is 3.22. The van der Waals surface area contributed by atoms with Crippen molar-refractivity contribution >= 4 is 12.3 Å². The Kier molecular flexibility index (Phi) is 9.01. The van der Waals surface area contributed by atoms with E-state index >= 15 is 0 Å². The number of aryl methyl sites for hydroxylation is 1. The molecule has 0 aliphatic carbocycles. The largest absolute Gasteiger partial charge is 0.308 e. The molecule has 7 nitrogen and oxygen atoms in total. The van der Waals surface area contributed by atoms with Gasteiger partial charge in [0.2, 0.25) is 6.41 Å². The number of carbonyl (C=O) groups is 2. The summed E-state index contributed by atoms with van der Waals surface area (Å²) in [4.78, 5) is 44.2. The highest BCUT2D eigenvalue weighted by Crippen LogP contribution is 2.25. The summed E-state index contributed by atoms with van der Waals surface area (Å²) >= 11 is 0. The van der Waals surface area contributed by atoms with Crippen molar-refractivity contribution in [2.75, 3.05) is 13.1 Å². The van der Waals surface area contributed by atoms with Gasteiger partial charge >= 0.3 is 0 Å². The topological polar surface area (TPSA) is 84.3 Å². The maximum Gasteiger partial charge on any atom is 0.260 e. The zero-order valence-electron chi connectivity index (χ0n) is 21.7. The van der Waals surface area contributed by atoms with E-state index in [0.29, 0.717) is 37.9 Å². The van der Waals surface area contributed by atoms with Crippen LogP contribution in [-0.4, -0.2) is 39.9 Å². The Hall–Kier alpha value is -3.58. The molecule has 2 heterocycles. The molecule has 0 bridgehead atoms. The molecule has 4 rings (SSSR count). The Morgan fingerprint density at radius 2 is 1.78 bits per heavy atom. The van der Waals surface area contributed by atoms with Gasteiger partial charge in [-0.25, -0.2) is 4.98 Å². The molecule has 1 N–H and O–H groups in total. The van der Waals surface area contributed by atoms with Gasteiger partial charge in [0.05, 0.1) is 11.7 Å². The average Bonchev–Trinajstić information content (AvgIpc) is 2.93. The summed E-state index contributed by atoms with van der Waals surface area (Å²) in [7, 11) is 0. The average molecular weight is 501 g/mol. The van der Waals surface area contributed by atoms with E-state index in [1.807, 2.05) is 41.0 Å². The molecule has 1 atom stereocenters. The van der Waals surface area contributed by atoms with Gasteiger partial charge in [0.1, 0.15) is 5.82 Å². The molecule has 1 unspecified atom stereocenters. The van der Waals surface area contributed by atoms with Crippen molar-refractivity contribution in [2.24, 2.45) is 5.92 Å². The molecule has 2 amide bonds. The van der Waals surface area contributed by atoms with Gasteiger partial charge < -0.3 is 5.32 Å². The molecule has 0 radical (unpaired) electrons. The fraction of sp³-hybridized carbons (Fsp3) is 0.400. The number of nitrogens with one attached hydrogen (secondary N) is 1. The second-order valence-corrected chi connectivity index (χ2v) is 9.97. The number of imide groups is 1. The van der Waals surface area contributed by atoms with Gasteiger partial charge in [-0.2, -0.15) is 0 Å². The first kappa shape index (κ1) is 26.5. The van der Waals surface area contributed by atoms with Crippen molar-refractivity contribution in [3.63, 3.8) is 0 Å². The van der Waals surface area contributed by atoms with Gasteiger partial charge in [0.15, 0.2) is 0 Å². The zero-order chi connectivity index (χ0) is 26.2. The number of aromatic nitrogens is 2. The van der Waals surface area contributed by atoms with Crippen LogP contribution in [0.15, 0.2) is 65.5 Å². The van der Waals surface area contributed by atoms with Crippen LogP contribution in [0.2, 0.25) is 0 Å². The summed E-state index contributed by atoms with van der Waals surface area (Å²) in [6.07, 6.45) is 4.59. The number of carbonyl (C=O) groups excluding carboxylic acids is 2. The minimum Gasteiger partial charge on any atom is -0.308 e. The molecule has 7 heteroatoms. The second-order valence-electron chi connectivity index (χ2n) is 9.97. The van der Waals surface area contributed by atoms with Crippen molar-refractivity contribution < 1.29 is 9.59 Å². The number of hydrogen-bond donors (Lipinski definition) is 1. The molecule has 0 spiro atoms. The molecule has 0 saturated heterocycles. The predicted octanol–water partition coefficient (Wildman–Crippen LogP) is 4.15. The number of hydrogen-bond acceptors (Lipinski definition) is 5. The monoisotopic (exact) mass is 500 g/mol. The molecule has 1 aliphatic rings. The van der Waals surface area contributed by atoms with Crippen LogP contribution in [0.4, 0.5) is 0 Å². The third kappa shape index (κ3) is 6.41. The molecule has 3 aromatic rings. The standard InChI is InChI=1S/C30H36N4O3/c1-22(2)27(31-17-11-18-33(21-35)29(36)24-14-7-4-8-15-24)28-25(20-23-12-5-3-6-13-23)30(37)34-19-10-9-16-26(34)32-28/h3-8,12-15,21-22,27,31H,9-11,16-20H2,1-2H3. The van der Waals surface area contributed by atoms with Crippen LogP contribution in [-0.2, 0) is 24.2 Å². The van der Waals surface area contributed by atoms with E-state index < -0.39 is 0 Å². The SMILES string of the molecule is CC(C)C(NCCCN(C=O)C(=O)c1ccccc1)c1nc2n(c(=O)c1Cc1ccccc1)CCCC2. The molecule has 0 saturated carbocycles. The van der Waals surface area contributed by atoms with E-state index in [1.165, 1.54) is 4.90 Å². The molecular weight excluding hydrogens is 464 g/mol. The molecule has 194 valence electrons. The Labute approximate surface area is 218 Å². The highest BCUT2D eigenvalue weighted by atomic mass is 16.2. The minimum atomic E-state index is -0.300. The Morgan fingerprint density at radius 1 is 1.08 bits per heavy atom. The number of nitrogens with zero attached hydrogens (tertiary/aromatic N) is 3. The van der Waals surface area contributed by atoms with Crippen LogP contribution in [0.1, 0.15) is 72.2 Å². The molecule has 0 fully saturated rings. The third-order valence-corrected chi connectivity index (χ3v) is 6.94. The zero-order valence-corrected chi connectivity index (χ0v) is 21.7. The fourth-order valence-electron chi connectivity index (χ4n) is 4.96. The first-order valence-corrected chi connectivity index (χ1v) is 13.2. The smallest absolute Gasteiger partial charge is 0.260 e. The molecule has 1 aliphatic heterocycles. The minimum absolute atomic E-state index is 0.0663. The number of amides is 2. The van der Waals surface area contributed by atoms with Gasteiger partial charge in [0, 0.05) is 37.1 Å². The van der Waals surface area contributed by atoms with Crippen molar-refractivity contribution in [1.82, 2.24) is 19.8 Å². The summed E-state index contributed by atoms with van der Waals surface area (Å²) in [5, 5.41) is 3.59. The normalized spacial score (nSPS) is 13.7. The highest BCUT2D eigenvalue weighted by Gasteiger charge is 2.26. The lowest BCUT2D eigenvalue weighted by atomic mass is 9.93. The van der Waals surface area contributed by atoms with E-state index in [-0.39, 0.29) is 23.4 Å². The maximum atomic E-state index is 13.6. The van der Waals surface area contributed by atoms with Gasteiger partial charge in [-0.15, -0.1) is 0 Å². The first-order chi connectivity index (χ1) is 18.0. The van der Waals surface area contributed by atoms with Crippen molar-refractivity contribution in [1.29, 1.82) is 0 Å².